The molecule has 1 fully saturated rings. The quantitative estimate of drug-likeness (QED) is 0.784. The van der Waals surface area contributed by atoms with Crippen LogP contribution in [-0.2, 0) is 4.79 Å². The second kappa shape index (κ2) is 4.61. The number of nitrogens with two attached hydrogens (primary N) is 1. The number of hydrogen-bond acceptors (Lipinski definition) is 2. The van der Waals surface area contributed by atoms with Crippen LogP contribution in [0.4, 0.5) is 8.78 Å². The molecule has 0 aromatic carbocycles. The average Bonchev–Trinajstić information content (AvgIpc) is 1.94. The second-order valence-electron chi connectivity index (χ2n) is 4.67. The van der Waals surface area contributed by atoms with Crippen molar-refractivity contribution >= 4 is 18.3 Å². The van der Waals surface area contributed by atoms with E-state index in [1.807, 2.05) is 0 Å². The zero-order valence-electron chi connectivity index (χ0n) is 8.85. The van der Waals surface area contributed by atoms with Crippen molar-refractivity contribution in [3.05, 3.63) is 0 Å². The summed E-state index contributed by atoms with van der Waals surface area (Å²) in [7, 11) is 0. The molecule has 0 bridgehead atoms. The third kappa shape index (κ3) is 4.75. The van der Waals surface area contributed by atoms with E-state index in [2.05, 4.69) is 5.32 Å². The van der Waals surface area contributed by atoms with Crippen molar-refractivity contribution in [2.45, 2.75) is 38.2 Å². The zero-order valence-corrected chi connectivity index (χ0v) is 9.66. The van der Waals surface area contributed by atoms with Crippen molar-refractivity contribution in [2.75, 3.05) is 6.54 Å². The summed E-state index contributed by atoms with van der Waals surface area (Å²) >= 11 is 0. The smallest absolute Gasteiger partial charge is 0.249 e. The lowest BCUT2D eigenvalue weighted by Crippen LogP contribution is -2.50. The van der Waals surface area contributed by atoms with Crippen LogP contribution in [0.5, 0.6) is 0 Å². The predicted molar refractivity (Wildman–Crippen MR) is 56.2 cm³/mol. The lowest BCUT2D eigenvalue weighted by molar-refractivity contribution is -0.150. The van der Waals surface area contributed by atoms with E-state index < -0.39 is 17.4 Å². The molecule has 0 aliphatic heterocycles. The molecule has 1 saturated carbocycles. The first-order chi connectivity index (χ1) is 6.20. The van der Waals surface area contributed by atoms with Gasteiger partial charge in [0.25, 0.3) is 0 Å². The molecule has 1 amide bonds. The number of rotatable bonds is 3. The summed E-state index contributed by atoms with van der Waals surface area (Å²) in [6.07, 6.45) is -0.659. The fourth-order valence-electron chi connectivity index (χ4n) is 1.31. The van der Waals surface area contributed by atoms with E-state index in [1.165, 1.54) is 0 Å². The van der Waals surface area contributed by atoms with Crippen LogP contribution in [0.1, 0.15) is 26.7 Å². The van der Waals surface area contributed by atoms with Crippen LogP contribution in [0, 0.1) is 5.92 Å². The molecule has 1 rings (SSSR count). The van der Waals surface area contributed by atoms with Gasteiger partial charge in [-0.1, -0.05) is 0 Å². The first-order valence-electron chi connectivity index (χ1n) is 4.64. The van der Waals surface area contributed by atoms with E-state index in [0.29, 0.717) is 6.54 Å². The molecule has 90 valence electrons. The third-order valence-electron chi connectivity index (χ3n) is 2.18. The topological polar surface area (TPSA) is 55.1 Å². The van der Waals surface area contributed by atoms with Crippen LogP contribution >= 0.6 is 12.4 Å². The minimum atomic E-state index is -2.64. The Labute approximate surface area is 94.2 Å². The number of nitrogens with one attached hydrogen (secondary N) is 1. The number of hydrogen-bond donors (Lipinski definition) is 2. The first-order valence-corrected chi connectivity index (χ1v) is 4.64. The number of halogens is 3. The van der Waals surface area contributed by atoms with Gasteiger partial charge < -0.3 is 11.1 Å². The summed E-state index contributed by atoms with van der Waals surface area (Å²) in [6.45, 7) is 3.85. The highest BCUT2D eigenvalue weighted by atomic mass is 35.5. The number of carbonyl (C=O) groups is 1. The molecule has 3 nitrogen and oxygen atoms in total. The Morgan fingerprint density at radius 1 is 1.53 bits per heavy atom. The lowest BCUT2D eigenvalue weighted by Gasteiger charge is -2.34. The van der Waals surface area contributed by atoms with E-state index in [9.17, 15) is 13.6 Å². The van der Waals surface area contributed by atoms with E-state index >= 15 is 0 Å². The van der Waals surface area contributed by atoms with Gasteiger partial charge in [0.05, 0.1) is 0 Å². The summed E-state index contributed by atoms with van der Waals surface area (Å²) < 4.78 is 24.8. The van der Waals surface area contributed by atoms with Gasteiger partial charge in [0.2, 0.25) is 11.8 Å². The fraction of sp³-hybridized carbons (Fsp3) is 0.889. The average molecular weight is 243 g/mol. The molecular formula is C9H17ClF2N2O. The Morgan fingerprint density at radius 2 is 2.00 bits per heavy atom. The van der Waals surface area contributed by atoms with E-state index in [4.69, 9.17) is 5.73 Å². The van der Waals surface area contributed by atoms with Gasteiger partial charge in [-0.15, -0.1) is 12.4 Å². The summed E-state index contributed by atoms with van der Waals surface area (Å²) in [6, 6.07) is 0. The fourth-order valence-corrected chi connectivity index (χ4v) is 1.31. The van der Waals surface area contributed by atoms with Crippen molar-refractivity contribution in [3.63, 3.8) is 0 Å². The minimum Gasteiger partial charge on any atom is -0.354 e. The van der Waals surface area contributed by atoms with E-state index in [0.717, 1.165) is 0 Å². The number of carbonyl (C=O) groups excluding carboxylic acids is 1. The Hall–Kier alpha value is -0.420. The molecule has 0 radical (unpaired) electrons. The molecule has 0 saturated heterocycles. The molecule has 0 aromatic heterocycles. The van der Waals surface area contributed by atoms with Gasteiger partial charge in [-0.2, -0.15) is 0 Å². The summed E-state index contributed by atoms with van der Waals surface area (Å²) in [5.41, 5.74) is 5.14. The predicted octanol–water partition coefficient (Wildman–Crippen LogP) is 1.31. The molecule has 0 unspecified atom stereocenters. The second-order valence-corrected chi connectivity index (χ2v) is 4.67. The molecule has 0 heterocycles. The highest BCUT2D eigenvalue weighted by Crippen LogP contribution is 2.42. The molecule has 6 heteroatoms. The van der Waals surface area contributed by atoms with Crippen LogP contribution in [0.25, 0.3) is 0 Å². The molecular weight excluding hydrogens is 226 g/mol. The standard InChI is InChI=1S/C9H16F2N2O.ClH/c1-8(2,12)5-13-7(14)6-3-9(10,11)4-6;/h6H,3-5,12H2,1-2H3,(H,13,14);1H. The van der Waals surface area contributed by atoms with Gasteiger partial charge in [0.15, 0.2) is 0 Å². The normalized spacial score (nSPS) is 20.1. The summed E-state index contributed by atoms with van der Waals surface area (Å²) in [5, 5.41) is 2.57. The maximum Gasteiger partial charge on any atom is 0.249 e. The van der Waals surface area contributed by atoms with E-state index in [-0.39, 0.29) is 31.2 Å². The molecule has 15 heavy (non-hydrogen) atoms. The SMILES string of the molecule is CC(C)(N)CNC(=O)C1CC(F)(F)C1.Cl. The number of alkyl halides is 2. The summed E-state index contributed by atoms with van der Waals surface area (Å²) in [4.78, 5) is 11.3. The van der Waals surface area contributed by atoms with E-state index in [1.54, 1.807) is 13.8 Å². The van der Waals surface area contributed by atoms with Crippen LogP contribution in [0.2, 0.25) is 0 Å². The molecule has 1 aliphatic rings. The van der Waals surface area contributed by atoms with Gasteiger partial charge in [-0.3, -0.25) is 4.79 Å². The van der Waals surface area contributed by atoms with Crippen molar-refractivity contribution in [3.8, 4) is 0 Å². The molecule has 3 N–H and O–H groups in total. The third-order valence-corrected chi connectivity index (χ3v) is 2.18. The maximum absolute atomic E-state index is 12.4. The minimum absolute atomic E-state index is 0. The Balaban J connectivity index is 0.00000196. The first kappa shape index (κ1) is 14.6. The van der Waals surface area contributed by atoms with Crippen molar-refractivity contribution in [1.29, 1.82) is 0 Å². The molecule has 0 aromatic rings. The zero-order chi connectivity index (χ0) is 11.0. The van der Waals surface area contributed by atoms with Gasteiger partial charge in [-0.05, 0) is 13.8 Å². The Bertz CT molecular complexity index is 233. The molecule has 0 atom stereocenters. The maximum atomic E-state index is 12.4. The van der Waals surface area contributed by atoms with Crippen molar-refractivity contribution in [1.82, 2.24) is 5.32 Å². The monoisotopic (exact) mass is 242 g/mol. The van der Waals surface area contributed by atoms with Gasteiger partial charge >= 0.3 is 0 Å². The van der Waals surface area contributed by atoms with Gasteiger partial charge in [-0.25, -0.2) is 8.78 Å². The van der Waals surface area contributed by atoms with Crippen molar-refractivity contribution < 1.29 is 13.6 Å². The highest BCUT2D eigenvalue weighted by molar-refractivity contribution is 5.85. The molecule has 1 aliphatic carbocycles. The largest absolute Gasteiger partial charge is 0.354 e. The van der Waals surface area contributed by atoms with Crippen molar-refractivity contribution in [2.24, 2.45) is 11.7 Å². The van der Waals surface area contributed by atoms with Gasteiger partial charge in [0.1, 0.15) is 0 Å². The summed E-state index contributed by atoms with van der Waals surface area (Å²) in [5.74, 6) is -3.48. The Kier molecular flexibility index (Phi) is 4.49. The lowest BCUT2D eigenvalue weighted by atomic mass is 9.80. The van der Waals surface area contributed by atoms with Gasteiger partial charge in [0, 0.05) is 30.8 Å². The Morgan fingerprint density at radius 3 is 2.33 bits per heavy atom. The van der Waals surface area contributed by atoms with Crippen LogP contribution in [0.3, 0.4) is 0 Å². The number of amides is 1. The van der Waals surface area contributed by atoms with Crippen LogP contribution < -0.4 is 11.1 Å². The molecule has 0 spiro atoms. The van der Waals surface area contributed by atoms with Crippen LogP contribution in [-0.4, -0.2) is 23.9 Å². The highest BCUT2D eigenvalue weighted by Gasteiger charge is 2.48. The van der Waals surface area contributed by atoms with Crippen LogP contribution in [0.15, 0.2) is 0 Å².